The van der Waals surface area contributed by atoms with Crippen LogP contribution in [0.2, 0.25) is 0 Å². The SMILES string of the molecule is CC(CC(=O)N1CCCC2C(C(=O)O)CCCC21)c1c[nH]c2cccc(-c3nccs3)c12. The van der Waals surface area contributed by atoms with Gasteiger partial charge < -0.3 is 15.0 Å². The van der Waals surface area contributed by atoms with Gasteiger partial charge in [-0.25, -0.2) is 4.98 Å². The van der Waals surface area contributed by atoms with Crippen molar-refractivity contribution >= 4 is 34.1 Å². The van der Waals surface area contributed by atoms with Crippen LogP contribution in [0, 0.1) is 11.8 Å². The Kier molecular flexibility index (Phi) is 5.76. The summed E-state index contributed by atoms with van der Waals surface area (Å²) in [5.41, 5.74) is 3.30. The molecule has 2 N–H and O–H groups in total. The first-order chi connectivity index (χ1) is 15.5. The molecular formula is C25H29N3O3S. The molecule has 0 radical (unpaired) electrons. The summed E-state index contributed by atoms with van der Waals surface area (Å²) in [7, 11) is 0. The fraction of sp³-hybridized carbons (Fsp3) is 0.480. The number of fused-ring (bicyclic) bond motifs is 2. The van der Waals surface area contributed by atoms with Crippen LogP contribution in [-0.2, 0) is 9.59 Å². The van der Waals surface area contributed by atoms with Crippen LogP contribution in [0.3, 0.4) is 0 Å². The third kappa shape index (κ3) is 3.72. The number of hydrogen-bond acceptors (Lipinski definition) is 4. The molecule has 1 saturated carbocycles. The second kappa shape index (κ2) is 8.70. The second-order valence-corrected chi connectivity index (χ2v) is 10.1. The van der Waals surface area contributed by atoms with Crippen molar-refractivity contribution in [1.29, 1.82) is 0 Å². The molecule has 2 aromatic heterocycles. The maximum atomic E-state index is 13.4. The molecule has 168 valence electrons. The molecule has 7 heteroatoms. The smallest absolute Gasteiger partial charge is 0.306 e. The third-order valence-electron chi connectivity index (χ3n) is 7.41. The number of nitrogens with one attached hydrogen (secondary N) is 1. The highest BCUT2D eigenvalue weighted by atomic mass is 32.1. The minimum absolute atomic E-state index is 0.0524. The Morgan fingerprint density at radius 3 is 2.94 bits per heavy atom. The number of piperidine rings is 1. The largest absolute Gasteiger partial charge is 0.481 e. The zero-order valence-electron chi connectivity index (χ0n) is 18.3. The molecule has 1 aliphatic carbocycles. The number of carbonyl (C=O) groups excluding carboxylic acids is 1. The fourth-order valence-electron chi connectivity index (χ4n) is 5.93. The Labute approximate surface area is 191 Å². The number of thiazole rings is 1. The lowest BCUT2D eigenvalue weighted by molar-refractivity contribution is -0.152. The summed E-state index contributed by atoms with van der Waals surface area (Å²) >= 11 is 1.62. The zero-order chi connectivity index (χ0) is 22.2. The van der Waals surface area contributed by atoms with Crippen LogP contribution < -0.4 is 0 Å². The summed E-state index contributed by atoms with van der Waals surface area (Å²) in [6.07, 6.45) is 8.64. The maximum absolute atomic E-state index is 13.4. The quantitative estimate of drug-likeness (QED) is 0.553. The van der Waals surface area contributed by atoms with Gasteiger partial charge in [-0.2, -0.15) is 0 Å². The van der Waals surface area contributed by atoms with Gasteiger partial charge in [0, 0.05) is 53.2 Å². The molecule has 6 nitrogen and oxygen atoms in total. The number of H-pyrrole nitrogens is 1. The van der Waals surface area contributed by atoms with E-state index in [1.54, 1.807) is 11.3 Å². The van der Waals surface area contributed by atoms with Crippen LogP contribution in [0.5, 0.6) is 0 Å². The summed E-state index contributed by atoms with van der Waals surface area (Å²) in [6, 6.07) is 6.27. The van der Waals surface area contributed by atoms with Crippen LogP contribution in [0.4, 0.5) is 0 Å². The molecule has 1 saturated heterocycles. The molecule has 3 aromatic rings. The van der Waals surface area contributed by atoms with Crippen molar-refractivity contribution in [1.82, 2.24) is 14.9 Å². The molecule has 4 atom stereocenters. The van der Waals surface area contributed by atoms with Crippen molar-refractivity contribution in [2.24, 2.45) is 11.8 Å². The maximum Gasteiger partial charge on any atom is 0.306 e. The van der Waals surface area contributed by atoms with E-state index in [1.807, 2.05) is 28.7 Å². The van der Waals surface area contributed by atoms with E-state index >= 15 is 0 Å². The molecule has 5 rings (SSSR count). The zero-order valence-corrected chi connectivity index (χ0v) is 19.1. The van der Waals surface area contributed by atoms with Gasteiger partial charge in [0.25, 0.3) is 0 Å². The molecule has 0 spiro atoms. The van der Waals surface area contributed by atoms with E-state index in [0.29, 0.717) is 6.42 Å². The van der Waals surface area contributed by atoms with E-state index in [1.165, 1.54) is 0 Å². The number of aliphatic carboxylic acids is 1. The molecule has 1 aromatic carbocycles. The first kappa shape index (κ1) is 21.2. The van der Waals surface area contributed by atoms with Gasteiger partial charge in [-0.05, 0) is 49.1 Å². The van der Waals surface area contributed by atoms with E-state index in [0.717, 1.165) is 65.7 Å². The Morgan fingerprint density at radius 1 is 1.28 bits per heavy atom. The number of nitrogens with zero attached hydrogens (tertiary/aromatic N) is 2. The van der Waals surface area contributed by atoms with E-state index in [-0.39, 0.29) is 29.7 Å². The molecule has 2 fully saturated rings. The predicted molar refractivity (Wildman–Crippen MR) is 126 cm³/mol. The number of carboxylic acids is 1. The number of amides is 1. The monoisotopic (exact) mass is 451 g/mol. The summed E-state index contributed by atoms with van der Waals surface area (Å²) in [5.74, 6) is -0.707. The van der Waals surface area contributed by atoms with Gasteiger partial charge >= 0.3 is 5.97 Å². The average Bonchev–Trinajstić information content (AvgIpc) is 3.48. The van der Waals surface area contributed by atoms with Gasteiger partial charge in [-0.1, -0.05) is 25.5 Å². The van der Waals surface area contributed by atoms with Crippen molar-refractivity contribution < 1.29 is 14.7 Å². The molecule has 32 heavy (non-hydrogen) atoms. The topological polar surface area (TPSA) is 86.3 Å². The molecule has 1 aliphatic heterocycles. The minimum atomic E-state index is -0.698. The van der Waals surface area contributed by atoms with Gasteiger partial charge in [-0.15, -0.1) is 11.3 Å². The van der Waals surface area contributed by atoms with Crippen LogP contribution in [0.1, 0.15) is 56.9 Å². The van der Waals surface area contributed by atoms with Crippen LogP contribution in [-0.4, -0.2) is 44.4 Å². The van der Waals surface area contributed by atoms with Crippen molar-refractivity contribution in [3.8, 4) is 10.6 Å². The molecule has 2 aliphatic rings. The second-order valence-electron chi connectivity index (χ2n) is 9.25. The van der Waals surface area contributed by atoms with Crippen LogP contribution in [0.15, 0.2) is 36.0 Å². The summed E-state index contributed by atoms with van der Waals surface area (Å²) in [4.78, 5) is 35.1. The van der Waals surface area contributed by atoms with Gasteiger partial charge in [0.15, 0.2) is 0 Å². The van der Waals surface area contributed by atoms with E-state index < -0.39 is 5.97 Å². The lowest BCUT2D eigenvalue weighted by Gasteiger charge is -2.46. The molecule has 0 bridgehead atoms. The van der Waals surface area contributed by atoms with Gasteiger partial charge in [-0.3, -0.25) is 9.59 Å². The summed E-state index contributed by atoms with van der Waals surface area (Å²) in [6.45, 7) is 2.86. The minimum Gasteiger partial charge on any atom is -0.481 e. The normalized spacial score (nSPS) is 24.3. The number of rotatable bonds is 5. The van der Waals surface area contributed by atoms with Crippen molar-refractivity contribution in [3.05, 3.63) is 41.5 Å². The van der Waals surface area contributed by atoms with Gasteiger partial charge in [0.05, 0.1) is 5.92 Å². The standard InChI is InChI=1S/C25H29N3O3S/c1-15(19-14-27-20-8-2-6-18(23(19)20)24-26-10-12-32-24)13-22(29)28-11-4-7-16-17(25(30)31)5-3-9-21(16)28/h2,6,8,10,12,14-17,21,27H,3-5,7,9,11,13H2,1H3,(H,30,31). The number of carbonyl (C=O) groups is 2. The summed E-state index contributed by atoms with van der Waals surface area (Å²) < 4.78 is 0. The van der Waals surface area contributed by atoms with Crippen LogP contribution in [0.25, 0.3) is 21.5 Å². The number of aromatic nitrogens is 2. The lowest BCUT2D eigenvalue weighted by Crippen LogP contribution is -2.53. The highest BCUT2D eigenvalue weighted by molar-refractivity contribution is 7.13. The van der Waals surface area contributed by atoms with E-state index in [9.17, 15) is 14.7 Å². The third-order valence-corrected chi connectivity index (χ3v) is 8.22. The van der Waals surface area contributed by atoms with Gasteiger partial charge in [0.2, 0.25) is 5.91 Å². The number of carboxylic acid groups (broad SMARTS) is 1. The number of likely N-dealkylation sites (tertiary alicyclic amines) is 1. The Balaban J connectivity index is 1.38. The highest BCUT2D eigenvalue weighted by Gasteiger charge is 2.43. The Hall–Kier alpha value is -2.67. The van der Waals surface area contributed by atoms with Gasteiger partial charge in [0.1, 0.15) is 5.01 Å². The van der Waals surface area contributed by atoms with E-state index in [2.05, 4.69) is 29.0 Å². The number of hydrogen-bond donors (Lipinski definition) is 2. The number of benzene rings is 1. The molecule has 4 unspecified atom stereocenters. The van der Waals surface area contributed by atoms with Crippen molar-refractivity contribution in [3.63, 3.8) is 0 Å². The van der Waals surface area contributed by atoms with Crippen molar-refractivity contribution in [2.45, 2.75) is 57.4 Å². The fourth-order valence-corrected chi connectivity index (χ4v) is 6.60. The van der Waals surface area contributed by atoms with E-state index in [4.69, 9.17) is 0 Å². The Bertz CT molecular complexity index is 1120. The molecule has 3 heterocycles. The Morgan fingerprint density at radius 2 is 2.16 bits per heavy atom. The average molecular weight is 452 g/mol. The molecule has 1 amide bonds. The highest BCUT2D eigenvalue weighted by Crippen LogP contribution is 2.41. The first-order valence-corrected chi connectivity index (χ1v) is 12.4. The van der Waals surface area contributed by atoms with Crippen molar-refractivity contribution in [2.75, 3.05) is 6.54 Å². The summed E-state index contributed by atoms with van der Waals surface area (Å²) in [5, 5.41) is 13.8. The molecular weight excluding hydrogens is 422 g/mol. The van der Waals surface area contributed by atoms with Crippen LogP contribution >= 0.6 is 11.3 Å². The number of aromatic amines is 1. The lowest BCUT2D eigenvalue weighted by atomic mass is 9.71. The predicted octanol–water partition coefficient (Wildman–Crippen LogP) is 5.28. The first-order valence-electron chi connectivity index (χ1n) is 11.6.